The summed E-state index contributed by atoms with van der Waals surface area (Å²) in [5.41, 5.74) is 1.98. The fourth-order valence-electron chi connectivity index (χ4n) is 3.08. The maximum absolute atomic E-state index is 12.7. The van der Waals surface area contributed by atoms with E-state index in [1.54, 1.807) is 32.2 Å². The lowest BCUT2D eigenvalue weighted by Gasteiger charge is -2.13. The van der Waals surface area contributed by atoms with E-state index in [-0.39, 0.29) is 6.54 Å². The largest absolute Gasteiger partial charge is 0.467 e. The number of hydrogen-bond donors (Lipinski definition) is 0. The lowest BCUT2D eigenvalue weighted by atomic mass is 10.1. The number of amides is 4. The molecule has 0 bridgehead atoms. The van der Waals surface area contributed by atoms with E-state index in [2.05, 4.69) is 0 Å². The number of furan rings is 1. The van der Waals surface area contributed by atoms with Crippen LogP contribution in [-0.2, 0) is 16.1 Å². The molecule has 0 N–H and O–H groups in total. The number of likely N-dealkylation sites (N-methyl/N-ethyl adjacent to an activating group) is 1. The average Bonchev–Trinajstić information content (AvgIpc) is 3.27. The summed E-state index contributed by atoms with van der Waals surface area (Å²) >= 11 is 0. The van der Waals surface area contributed by atoms with Crippen LogP contribution in [0.4, 0.5) is 4.79 Å². The first kappa shape index (κ1) is 17.7. The number of ketones is 1. The van der Waals surface area contributed by atoms with Crippen molar-refractivity contribution in [3.05, 3.63) is 47.2 Å². The SMILES string of the molecule is CCN1C(=O)C(=O)N(CC(=O)c2cc(C)n(Cc3ccco3)c2C)C1=O. The highest BCUT2D eigenvalue weighted by atomic mass is 16.3. The van der Waals surface area contributed by atoms with Gasteiger partial charge in [-0.15, -0.1) is 0 Å². The Kier molecular flexibility index (Phi) is 4.50. The third kappa shape index (κ3) is 2.83. The van der Waals surface area contributed by atoms with E-state index in [4.69, 9.17) is 4.42 Å². The van der Waals surface area contributed by atoms with Gasteiger partial charge in [0.05, 0.1) is 19.4 Å². The second-order valence-electron chi connectivity index (χ2n) is 6.10. The van der Waals surface area contributed by atoms with Crippen molar-refractivity contribution in [2.45, 2.75) is 27.3 Å². The molecule has 0 aliphatic carbocycles. The van der Waals surface area contributed by atoms with Crippen molar-refractivity contribution >= 4 is 23.6 Å². The summed E-state index contributed by atoms with van der Waals surface area (Å²) in [5.74, 6) is -1.50. The molecule has 8 heteroatoms. The van der Waals surface area contributed by atoms with Crippen molar-refractivity contribution in [1.29, 1.82) is 0 Å². The third-order valence-electron chi connectivity index (χ3n) is 4.52. The Morgan fingerprint density at radius 2 is 1.81 bits per heavy atom. The van der Waals surface area contributed by atoms with Crippen molar-refractivity contribution in [3.8, 4) is 0 Å². The molecule has 1 fully saturated rings. The van der Waals surface area contributed by atoms with Gasteiger partial charge >= 0.3 is 17.8 Å². The molecular formula is C18H19N3O5. The number of carbonyl (C=O) groups is 4. The first-order valence-corrected chi connectivity index (χ1v) is 8.24. The predicted molar refractivity (Wildman–Crippen MR) is 90.5 cm³/mol. The molecule has 3 rings (SSSR count). The number of rotatable bonds is 6. The zero-order valence-electron chi connectivity index (χ0n) is 14.8. The van der Waals surface area contributed by atoms with Crippen LogP contribution >= 0.6 is 0 Å². The van der Waals surface area contributed by atoms with Crippen molar-refractivity contribution in [2.24, 2.45) is 0 Å². The van der Waals surface area contributed by atoms with Gasteiger partial charge in [0, 0.05) is 23.5 Å². The van der Waals surface area contributed by atoms with Crippen LogP contribution < -0.4 is 0 Å². The van der Waals surface area contributed by atoms with E-state index in [0.717, 1.165) is 16.4 Å². The van der Waals surface area contributed by atoms with Crippen LogP contribution in [0.5, 0.6) is 0 Å². The number of nitrogens with zero attached hydrogens (tertiary/aromatic N) is 3. The van der Waals surface area contributed by atoms with E-state index >= 15 is 0 Å². The first-order chi connectivity index (χ1) is 12.3. The molecule has 4 amide bonds. The summed E-state index contributed by atoms with van der Waals surface area (Å²) in [6.45, 7) is 5.36. The molecule has 8 nitrogen and oxygen atoms in total. The van der Waals surface area contributed by atoms with Gasteiger partial charge in [0.1, 0.15) is 5.76 Å². The van der Waals surface area contributed by atoms with Crippen LogP contribution in [0.15, 0.2) is 28.9 Å². The molecule has 0 spiro atoms. The molecule has 2 aromatic rings. The van der Waals surface area contributed by atoms with Gasteiger partial charge in [0.2, 0.25) is 0 Å². The molecule has 0 unspecified atom stereocenters. The predicted octanol–water partition coefficient (Wildman–Crippen LogP) is 1.74. The van der Waals surface area contributed by atoms with Crippen LogP contribution in [0, 0.1) is 13.8 Å². The molecule has 0 saturated carbocycles. The summed E-state index contributed by atoms with van der Waals surface area (Å²) in [4.78, 5) is 50.1. The van der Waals surface area contributed by atoms with Crippen molar-refractivity contribution in [3.63, 3.8) is 0 Å². The van der Waals surface area contributed by atoms with E-state index in [1.807, 2.05) is 17.6 Å². The normalized spacial score (nSPS) is 14.7. The van der Waals surface area contributed by atoms with Crippen LogP contribution in [0.2, 0.25) is 0 Å². The fraction of sp³-hybridized carbons (Fsp3) is 0.333. The third-order valence-corrected chi connectivity index (χ3v) is 4.52. The molecule has 26 heavy (non-hydrogen) atoms. The average molecular weight is 357 g/mol. The number of Topliss-reactive ketones (excluding diaryl/α,β-unsaturated/α-hetero) is 1. The zero-order valence-corrected chi connectivity index (χ0v) is 14.8. The van der Waals surface area contributed by atoms with Gasteiger partial charge in [-0.3, -0.25) is 19.3 Å². The van der Waals surface area contributed by atoms with Gasteiger partial charge in [0.15, 0.2) is 5.78 Å². The number of aryl methyl sites for hydroxylation is 1. The van der Waals surface area contributed by atoms with Gasteiger partial charge in [-0.2, -0.15) is 0 Å². The van der Waals surface area contributed by atoms with E-state index in [9.17, 15) is 19.2 Å². The molecule has 0 aromatic carbocycles. The molecule has 0 atom stereocenters. The van der Waals surface area contributed by atoms with Crippen molar-refractivity contribution in [1.82, 2.24) is 14.4 Å². The first-order valence-electron chi connectivity index (χ1n) is 8.24. The maximum Gasteiger partial charge on any atom is 0.334 e. The molecule has 2 aromatic heterocycles. The Bertz CT molecular complexity index is 894. The Balaban J connectivity index is 1.82. The highest BCUT2D eigenvalue weighted by molar-refractivity contribution is 6.45. The van der Waals surface area contributed by atoms with Gasteiger partial charge in [-0.05, 0) is 39.0 Å². The summed E-state index contributed by atoms with van der Waals surface area (Å²) in [6, 6.07) is 4.59. The molecule has 0 radical (unpaired) electrons. The van der Waals surface area contributed by atoms with Crippen LogP contribution in [0.3, 0.4) is 0 Å². The summed E-state index contributed by atoms with van der Waals surface area (Å²) < 4.78 is 7.26. The van der Waals surface area contributed by atoms with Crippen molar-refractivity contribution in [2.75, 3.05) is 13.1 Å². The fourth-order valence-corrected chi connectivity index (χ4v) is 3.08. The molecule has 1 aliphatic rings. The minimum atomic E-state index is -0.963. The van der Waals surface area contributed by atoms with Crippen LogP contribution in [0.1, 0.15) is 34.4 Å². The van der Waals surface area contributed by atoms with E-state index in [1.165, 1.54) is 0 Å². The Morgan fingerprint density at radius 3 is 2.38 bits per heavy atom. The lowest BCUT2D eigenvalue weighted by Crippen LogP contribution is -2.37. The minimum absolute atomic E-state index is 0.0890. The molecule has 3 heterocycles. The summed E-state index contributed by atoms with van der Waals surface area (Å²) in [7, 11) is 0. The number of hydrogen-bond acceptors (Lipinski definition) is 5. The summed E-state index contributed by atoms with van der Waals surface area (Å²) in [5, 5.41) is 0. The Hall–Kier alpha value is -3.16. The number of urea groups is 1. The number of carbonyl (C=O) groups excluding carboxylic acids is 4. The highest BCUT2D eigenvalue weighted by Crippen LogP contribution is 2.20. The van der Waals surface area contributed by atoms with Crippen LogP contribution in [0.25, 0.3) is 0 Å². The maximum atomic E-state index is 12.7. The van der Waals surface area contributed by atoms with E-state index < -0.39 is 30.2 Å². The topological polar surface area (TPSA) is 92.8 Å². The second kappa shape index (κ2) is 6.62. The van der Waals surface area contributed by atoms with Gasteiger partial charge in [0.25, 0.3) is 0 Å². The second-order valence-corrected chi connectivity index (χ2v) is 6.10. The molecule has 136 valence electrons. The standard InChI is InChI=1S/C18H19N3O5/c1-4-19-16(23)17(24)21(18(19)25)10-15(22)14-8-11(2)20(12(14)3)9-13-6-5-7-26-13/h5-8H,4,9-10H2,1-3H3. The Morgan fingerprint density at radius 1 is 1.12 bits per heavy atom. The van der Waals surface area contributed by atoms with Gasteiger partial charge in [-0.25, -0.2) is 9.69 Å². The molecular weight excluding hydrogens is 338 g/mol. The minimum Gasteiger partial charge on any atom is -0.467 e. The summed E-state index contributed by atoms with van der Waals surface area (Å²) in [6.07, 6.45) is 1.58. The quantitative estimate of drug-likeness (QED) is 0.446. The smallest absolute Gasteiger partial charge is 0.334 e. The molecule has 1 aliphatic heterocycles. The van der Waals surface area contributed by atoms with E-state index in [0.29, 0.717) is 22.7 Å². The monoisotopic (exact) mass is 357 g/mol. The van der Waals surface area contributed by atoms with Crippen molar-refractivity contribution < 1.29 is 23.6 Å². The highest BCUT2D eigenvalue weighted by Gasteiger charge is 2.44. The zero-order chi connectivity index (χ0) is 19.0. The Labute approximate surface area is 150 Å². The lowest BCUT2D eigenvalue weighted by molar-refractivity contribution is -0.143. The van der Waals surface area contributed by atoms with Gasteiger partial charge in [-0.1, -0.05) is 0 Å². The number of aromatic nitrogens is 1. The van der Waals surface area contributed by atoms with Crippen LogP contribution in [-0.4, -0.2) is 51.1 Å². The van der Waals surface area contributed by atoms with Gasteiger partial charge < -0.3 is 8.98 Å². The molecule has 1 saturated heterocycles. The number of imide groups is 2.